The Labute approximate surface area is 229 Å². The van der Waals surface area contributed by atoms with Crippen molar-refractivity contribution in [2.24, 2.45) is 0 Å². The molecule has 2 saturated heterocycles. The maximum Gasteiger partial charge on any atom is 0.224 e. The maximum absolute atomic E-state index is 14.1. The van der Waals surface area contributed by atoms with Crippen LogP contribution in [0, 0.1) is 0 Å². The summed E-state index contributed by atoms with van der Waals surface area (Å²) in [4.78, 5) is 11.1. The van der Waals surface area contributed by atoms with Gasteiger partial charge >= 0.3 is 0 Å². The molecule has 0 saturated carbocycles. The Balaban J connectivity index is 1.86. The molecule has 11 heteroatoms. The van der Waals surface area contributed by atoms with E-state index in [0.717, 1.165) is 0 Å². The minimum Gasteiger partial charge on any atom is -0.416 e. The van der Waals surface area contributed by atoms with Crippen LogP contribution in [-0.2, 0) is 28.5 Å². The van der Waals surface area contributed by atoms with E-state index in [2.05, 4.69) is 63.3 Å². The Morgan fingerprint density at radius 1 is 1.08 bits per heavy atom. The van der Waals surface area contributed by atoms with Gasteiger partial charge in [0.2, 0.25) is 5.28 Å². The van der Waals surface area contributed by atoms with Crippen LogP contribution >= 0.6 is 11.6 Å². The van der Waals surface area contributed by atoms with E-state index in [1.807, 2.05) is 6.07 Å². The highest BCUT2D eigenvalue weighted by Gasteiger charge is 2.49. The van der Waals surface area contributed by atoms with E-state index >= 15 is 0 Å². The second-order valence-electron chi connectivity index (χ2n) is 11.4. The molecule has 3 heterocycles. The molecule has 0 radical (unpaired) electrons. The number of halogens is 1. The summed E-state index contributed by atoms with van der Waals surface area (Å²) < 4.78 is 44.8. The van der Waals surface area contributed by atoms with Crippen LogP contribution in [0.5, 0.6) is 0 Å². The first-order valence-electron chi connectivity index (χ1n) is 13.7. The van der Waals surface area contributed by atoms with Gasteiger partial charge < -0.3 is 18.8 Å². The summed E-state index contributed by atoms with van der Waals surface area (Å²) in [6, 6.07) is 1.93. The van der Waals surface area contributed by atoms with Crippen LogP contribution in [0.1, 0.15) is 73.4 Å². The molecule has 212 valence electrons. The molecule has 0 aromatic carbocycles. The van der Waals surface area contributed by atoms with E-state index in [1.165, 1.54) is 0 Å². The monoisotopic (exact) mass is 575 g/mol. The van der Waals surface area contributed by atoms with Crippen LogP contribution in [0.2, 0.25) is 21.9 Å². The average molecular weight is 576 g/mol. The molecule has 2 aliphatic heterocycles. The van der Waals surface area contributed by atoms with Crippen molar-refractivity contribution in [3.05, 3.63) is 17.0 Å². The summed E-state index contributed by atoms with van der Waals surface area (Å²) in [5, 5.41) is 0.0668. The molecule has 0 aliphatic carbocycles. The fourth-order valence-electron chi connectivity index (χ4n) is 6.47. The first kappa shape index (κ1) is 30.8. The summed E-state index contributed by atoms with van der Waals surface area (Å²) in [6.45, 7) is 18.5. The van der Waals surface area contributed by atoms with E-state index in [0.29, 0.717) is 87.0 Å². The number of aromatic nitrogens is 2. The zero-order chi connectivity index (χ0) is 27.4. The van der Waals surface area contributed by atoms with Crippen LogP contribution in [0.4, 0.5) is 5.82 Å². The predicted octanol–water partition coefficient (Wildman–Crippen LogP) is 5.36. The minimum atomic E-state index is -3.59. The van der Waals surface area contributed by atoms with E-state index in [9.17, 15) is 8.42 Å². The first-order valence-corrected chi connectivity index (χ1v) is 17.9. The quantitative estimate of drug-likeness (QED) is 0.198. The zero-order valence-electron chi connectivity index (χ0n) is 23.6. The molecule has 0 unspecified atom stereocenters. The lowest BCUT2D eigenvalue weighted by Gasteiger charge is -2.42. The van der Waals surface area contributed by atoms with Gasteiger partial charge in [-0.05, 0) is 54.4 Å². The van der Waals surface area contributed by atoms with E-state index < -0.39 is 22.9 Å². The molecule has 0 bridgehead atoms. The summed E-state index contributed by atoms with van der Waals surface area (Å²) in [5.41, 5.74) is 1.83. The second-order valence-corrected chi connectivity index (χ2v) is 19.7. The van der Waals surface area contributed by atoms with Gasteiger partial charge in [-0.25, -0.2) is 18.4 Å². The molecule has 0 amide bonds. The van der Waals surface area contributed by atoms with Crippen LogP contribution < -0.4 is 4.90 Å². The minimum absolute atomic E-state index is 0.0384. The second kappa shape index (κ2) is 12.6. The molecule has 0 N–H and O–H groups in total. The Bertz CT molecular complexity index is 980. The van der Waals surface area contributed by atoms with Gasteiger partial charge in [0.15, 0.2) is 18.2 Å². The van der Waals surface area contributed by atoms with Crippen molar-refractivity contribution < 1.29 is 22.3 Å². The Morgan fingerprint density at radius 2 is 1.70 bits per heavy atom. The van der Waals surface area contributed by atoms with Gasteiger partial charge in [-0.15, -0.1) is 0 Å². The Hall–Kier alpha value is -0.783. The molecule has 1 atom stereocenters. The topological polar surface area (TPSA) is 90.9 Å². The molecular weight excluding hydrogens is 530 g/mol. The van der Waals surface area contributed by atoms with Crippen LogP contribution in [0.25, 0.3) is 0 Å². The van der Waals surface area contributed by atoms with Crippen molar-refractivity contribution in [3.63, 3.8) is 0 Å². The standard InChI is InChI=1S/C26H46ClN3O5SSi/c1-19(2)37(20(3)4,21(5)6)35-12-8-16-36(31,32)26(9-13-33-14-10-26)23-17-24(29-25(27)28-23)30-11-15-34-18-22(30)7/h17,19-22H,8-16,18H2,1-7H3/t22-/m0/s1. The van der Waals surface area contributed by atoms with Gasteiger partial charge in [0.25, 0.3) is 0 Å². The van der Waals surface area contributed by atoms with E-state index in [1.54, 1.807) is 0 Å². The number of ether oxygens (including phenoxy) is 2. The van der Waals surface area contributed by atoms with Crippen molar-refractivity contribution >= 4 is 35.6 Å². The molecule has 3 rings (SSSR count). The lowest BCUT2D eigenvalue weighted by molar-refractivity contribution is 0.0729. The number of hydrogen-bond donors (Lipinski definition) is 0. The van der Waals surface area contributed by atoms with Crippen LogP contribution in [0.3, 0.4) is 0 Å². The molecule has 2 fully saturated rings. The summed E-state index contributed by atoms with van der Waals surface area (Å²) in [7, 11) is -5.65. The highest BCUT2D eigenvalue weighted by Crippen LogP contribution is 2.43. The first-order chi connectivity index (χ1) is 17.4. The molecule has 1 aromatic rings. The summed E-state index contributed by atoms with van der Waals surface area (Å²) >= 11 is 6.39. The number of nitrogens with zero attached hydrogens (tertiary/aromatic N) is 3. The molecule has 0 spiro atoms. The smallest absolute Gasteiger partial charge is 0.224 e. The SMILES string of the molecule is CC(C)[Si](OCCCS(=O)(=O)C1(c2cc(N3CCOC[C@@H]3C)nc(Cl)n2)CCOCC1)(C(C)C)C(C)C. The lowest BCUT2D eigenvalue weighted by atomic mass is 9.94. The molecule has 1 aromatic heterocycles. The van der Waals surface area contributed by atoms with Crippen molar-refractivity contribution in [1.29, 1.82) is 0 Å². The molecule has 8 nitrogen and oxygen atoms in total. The molecular formula is C26H46ClN3O5SSi. The normalized spacial score (nSPS) is 21.3. The fraction of sp³-hybridized carbons (Fsp3) is 0.846. The van der Waals surface area contributed by atoms with Crippen molar-refractivity contribution in [1.82, 2.24) is 9.97 Å². The van der Waals surface area contributed by atoms with Gasteiger partial charge in [0, 0.05) is 32.4 Å². The number of anilines is 1. The van der Waals surface area contributed by atoms with Crippen molar-refractivity contribution in [3.8, 4) is 0 Å². The third kappa shape index (κ3) is 6.35. The zero-order valence-corrected chi connectivity index (χ0v) is 26.2. The number of sulfone groups is 1. The highest BCUT2D eigenvalue weighted by atomic mass is 35.5. The predicted molar refractivity (Wildman–Crippen MR) is 152 cm³/mol. The van der Waals surface area contributed by atoms with Gasteiger partial charge in [-0.2, -0.15) is 0 Å². The number of rotatable bonds is 11. The van der Waals surface area contributed by atoms with Gasteiger partial charge in [0.1, 0.15) is 10.6 Å². The number of morpholine rings is 1. The summed E-state index contributed by atoms with van der Waals surface area (Å²) in [6.07, 6.45) is 1.16. The fourth-order valence-corrected chi connectivity index (χ4v) is 14.3. The maximum atomic E-state index is 14.1. The lowest BCUT2D eigenvalue weighted by Crippen LogP contribution is -2.48. The third-order valence-electron chi connectivity index (χ3n) is 8.33. The highest BCUT2D eigenvalue weighted by molar-refractivity contribution is 7.92. The molecule has 2 aliphatic rings. The van der Waals surface area contributed by atoms with E-state index in [4.69, 9.17) is 25.5 Å². The van der Waals surface area contributed by atoms with Gasteiger partial charge in [-0.1, -0.05) is 41.5 Å². The van der Waals surface area contributed by atoms with Crippen LogP contribution in [-0.4, -0.2) is 78.1 Å². The average Bonchev–Trinajstić information content (AvgIpc) is 2.83. The third-order valence-corrected chi connectivity index (χ3v) is 17.2. The van der Waals surface area contributed by atoms with Gasteiger partial charge in [-0.3, -0.25) is 0 Å². The van der Waals surface area contributed by atoms with Crippen molar-refractivity contribution in [2.75, 3.05) is 50.2 Å². The van der Waals surface area contributed by atoms with Crippen LogP contribution in [0.15, 0.2) is 6.07 Å². The largest absolute Gasteiger partial charge is 0.416 e. The van der Waals surface area contributed by atoms with E-state index in [-0.39, 0.29) is 17.1 Å². The summed E-state index contributed by atoms with van der Waals surface area (Å²) in [5.74, 6) is 0.688. The van der Waals surface area contributed by atoms with Crippen molar-refractivity contribution in [2.45, 2.75) is 95.1 Å². The number of hydrogen-bond acceptors (Lipinski definition) is 8. The molecule has 37 heavy (non-hydrogen) atoms. The van der Waals surface area contributed by atoms with Gasteiger partial charge in [0.05, 0.1) is 30.7 Å². The Morgan fingerprint density at radius 3 is 2.27 bits per heavy atom. The Kier molecular flexibility index (Phi) is 10.5.